The first-order valence-corrected chi connectivity index (χ1v) is 15.0. The molecule has 3 aromatic carbocycles. The van der Waals surface area contributed by atoms with Crippen LogP contribution in [0.4, 0.5) is 0 Å². The summed E-state index contributed by atoms with van der Waals surface area (Å²) in [4.78, 5) is 29.4. The number of aryl methyl sites for hydroxylation is 1. The summed E-state index contributed by atoms with van der Waals surface area (Å²) < 4.78 is 0. The van der Waals surface area contributed by atoms with Crippen molar-refractivity contribution in [3.63, 3.8) is 0 Å². The van der Waals surface area contributed by atoms with Gasteiger partial charge in [0.25, 0.3) is 0 Å². The molecule has 0 spiro atoms. The third-order valence-electron chi connectivity index (χ3n) is 7.07. The van der Waals surface area contributed by atoms with E-state index in [1.807, 2.05) is 60.7 Å². The van der Waals surface area contributed by atoms with Crippen LogP contribution in [0.5, 0.6) is 0 Å². The van der Waals surface area contributed by atoms with Crippen LogP contribution in [0, 0.1) is 6.92 Å². The molecule has 3 aromatic rings. The summed E-state index contributed by atoms with van der Waals surface area (Å²) in [6.45, 7) is 2.43. The van der Waals surface area contributed by atoms with Crippen LogP contribution in [0.25, 0.3) is 0 Å². The Hall–Kier alpha value is -2.76. The fraction of sp³-hybridized carbons (Fsp3) is 0.375. The van der Waals surface area contributed by atoms with E-state index in [1.165, 1.54) is 17.5 Å². The molecule has 1 atom stereocenters. The zero-order valence-corrected chi connectivity index (χ0v) is 23.6. The summed E-state index contributed by atoms with van der Waals surface area (Å²) >= 11 is 7.72. The van der Waals surface area contributed by atoms with Gasteiger partial charge in [-0.05, 0) is 48.6 Å². The summed E-state index contributed by atoms with van der Waals surface area (Å²) in [5.41, 5.74) is 4.40. The normalized spacial score (nSPS) is 14.6. The van der Waals surface area contributed by atoms with E-state index in [9.17, 15) is 9.59 Å². The fourth-order valence-corrected chi connectivity index (χ4v) is 6.01. The van der Waals surface area contributed by atoms with Crippen LogP contribution in [-0.4, -0.2) is 34.6 Å². The molecule has 0 heterocycles. The molecule has 1 aliphatic rings. The maximum atomic E-state index is 13.8. The van der Waals surface area contributed by atoms with Crippen LogP contribution >= 0.6 is 23.4 Å². The number of thioether (sulfide) groups is 1. The van der Waals surface area contributed by atoms with E-state index < -0.39 is 6.04 Å². The van der Waals surface area contributed by atoms with Crippen LogP contribution in [-0.2, 0) is 28.3 Å². The van der Waals surface area contributed by atoms with Gasteiger partial charge in [0.2, 0.25) is 11.8 Å². The number of benzene rings is 3. The van der Waals surface area contributed by atoms with Crippen molar-refractivity contribution in [2.75, 3.05) is 5.75 Å². The Morgan fingerprint density at radius 3 is 2.34 bits per heavy atom. The predicted octanol–water partition coefficient (Wildman–Crippen LogP) is 6.97. The van der Waals surface area contributed by atoms with Crippen molar-refractivity contribution in [1.82, 2.24) is 10.2 Å². The zero-order valence-electron chi connectivity index (χ0n) is 22.1. The molecule has 0 bridgehead atoms. The second-order valence-electron chi connectivity index (χ2n) is 10.2. The topological polar surface area (TPSA) is 49.4 Å². The minimum absolute atomic E-state index is 0.0303. The van der Waals surface area contributed by atoms with Gasteiger partial charge in [0.05, 0.1) is 5.75 Å². The highest BCUT2D eigenvalue weighted by Crippen LogP contribution is 2.22. The monoisotopic (exact) mass is 548 g/mol. The predicted molar refractivity (Wildman–Crippen MR) is 158 cm³/mol. The first kappa shape index (κ1) is 28.3. The Balaban J connectivity index is 1.56. The van der Waals surface area contributed by atoms with E-state index in [0.717, 1.165) is 42.6 Å². The Bertz CT molecular complexity index is 1180. The van der Waals surface area contributed by atoms with Crippen molar-refractivity contribution in [3.8, 4) is 0 Å². The Kier molecular flexibility index (Phi) is 10.7. The molecule has 0 aliphatic heterocycles. The van der Waals surface area contributed by atoms with Gasteiger partial charge in [0.1, 0.15) is 6.04 Å². The smallest absolute Gasteiger partial charge is 0.243 e. The highest BCUT2D eigenvalue weighted by molar-refractivity contribution is 7.99. The minimum Gasteiger partial charge on any atom is -0.352 e. The first-order valence-electron chi connectivity index (χ1n) is 13.5. The highest BCUT2D eigenvalue weighted by Gasteiger charge is 2.31. The Morgan fingerprint density at radius 1 is 0.921 bits per heavy atom. The number of nitrogens with one attached hydrogen (secondary N) is 1. The van der Waals surface area contributed by atoms with Gasteiger partial charge >= 0.3 is 0 Å². The maximum absolute atomic E-state index is 13.8. The van der Waals surface area contributed by atoms with Gasteiger partial charge in [-0.1, -0.05) is 103 Å². The zero-order chi connectivity index (χ0) is 26.7. The van der Waals surface area contributed by atoms with Crippen LogP contribution < -0.4 is 5.32 Å². The number of halogens is 1. The minimum atomic E-state index is -0.595. The van der Waals surface area contributed by atoms with E-state index in [4.69, 9.17) is 11.6 Å². The average molecular weight is 549 g/mol. The summed E-state index contributed by atoms with van der Waals surface area (Å²) in [5.74, 6) is 0.965. The van der Waals surface area contributed by atoms with E-state index in [-0.39, 0.29) is 17.9 Å². The lowest BCUT2D eigenvalue weighted by molar-refractivity contribution is -0.139. The molecule has 1 aliphatic carbocycles. The Labute approximate surface area is 236 Å². The lowest BCUT2D eigenvalue weighted by atomic mass is 9.94. The van der Waals surface area contributed by atoms with E-state index >= 15 is 0 Å². The highest BCUT2D eigenvalue weighted by atomic mass is 35.5. The van der Waals surface area contributed by atoms with Crippen molar-refractivity contribution in [2.24, 2.45) is 0 Å². The van der Waals surface area contributed by atoms with E-state index in [0.29, 0.717) is 23.7 Å². The summed E-state index contributed by atoms with van der Waals surface area (Å²) in [5, 5.41) is 3.95. The molecular weight excluding hydrogens is 512 g/mol. The second kappa shape index (κ2) is 14.4. The molecule has 2 amide bonds. The largest absolute Gasteiger partial charge is 0.352 e. The number of rotatable bonds is 11. The Morgan fingerprint density at radius 2 is 1.63 bits per heavy atom. The van der Waals surface area contributed by atoms with Crippen LogP contribution in [0.2, 0.25) is 5.02 Å². The standard InChI is InChI=1S/C32H37ClN2O2S/c1-24-9-8-12-27(19-24)22-38-23-31(36)35(21-26-15-17-28(33)18-16-26)30(20-25-10-4-2-5-11-25)32(37)34-29-13-6-3-7-14-29/h2,4-5,8-12,15-19,29-30H,3,6-7,13-14,20-23H2,1H3,(H,34,37). The first-order chi connectivity index (χ1) is 18.5. The van der Waals surface area contributed by atoms with Gasteiger partial charge in [-0.2, -0.15) is 0 Å². The van der Waals surface area contributed by atoms with Crippen molar-refractivity contribution in [2.45, 2.75) is 69.8 Å². The fourth-order valence-electron chi connectivity index (χ4n) is 5.03. The number of nitrogens with zero attached hydrogens (tertiary/aromatic N) is 1. The molecule has 0 saturated heterocycles. The van der Waals surface area contributed by atoms with E-state index in [1.54, 1.807) is 16.7 Å². The lowest BCUT2D eigenvalue weighted by Crippen LogP contribution is -2.53. The van der Waals surface area contributed by atoms with Crippen molar-refractivity contribution >= 4 is 35.2 Å². The van der Waals surface area contributed by atoms with Gasteiger partial charge < -0.3 is 10.2 Å². The molecule has 0 radical (unpaired) electrons. The van der Waals surface area contributed by atoms with Crippen molar-refractivity contribution in [1.29, 1.82) is 0 Å². The number of hydrogen-bond donors (Lipinski definition) is 1. The van der Waals surface area contributed by atoms with E-state index in [2.05, 4.69) is 30.4 Å². The number of carbonyl (C=O) groups is 2. The molecule has 1 saturated carbocycles. The molecule has 200 valence electrons. The summed E-state index contributed by atoms with van der Waals surface area (Å²) in [6, 6.07) is 25.5. The maximum Gasteiger partial charge on any atom is 0.243 e. The third-order valence-corrected chi connectivity index (χ3v) is 8.31. The lowest BCUT2D eigenvalue weighted by Gasteiger charge is -2.33. The molecular formula is C32H37ClN2O2S. The van der Waals surface area contributed by atoms with Crippen LogP contribution in [0.1, 0.15) is 54.4 Å². The van der Waals surface area contributed by atoms with Gasteiger partial charge in [-0.15, -0.1) is 11.8 Å². The summed E-state index contributed by atoms with van der Waals surface area (Å²) in [7, 11) is 0. The molecule has 4 rings (SSSR count). The quantitative estimate of drug-likeness (QED) is 0.281. The molecule has 4 nitrogen and oxygen atoms in total. The summed E-state index contributed by atoms with van der Waals surface area (Å²) in [6.07, 6.45) is 5.97. The van der Waals surface area contributed by atoms with Crippen LogP contribution in [0.3, 0.4) is 0 Å². The van der Waals surface area contributed by atoms with Gasteiger partial charge in [-0.25, -0.2) is 0 Å². The van der Waals surface area contributed by atoms with Crippen molar-refractivity contribution in [3.05, 3.63) is 106 Å². The number of hydrogen-bond acceptors (Lipinski definition) is 3. The van der Waals surface area contributed by atoms with Gasteiger partial charge in [0.15, 0.2) is 0 Å². The second-order valence-corrected chi connectivity index (χ2v) is 11.6. The molecule has 38 heavy (non-hydrogen) atoms. The van der Waals surface area contributed by atoms with Crippen LogP contribution in [0.15, 0.2) is 78.9 Å². The number of carbonyl (C=O) groups excluding carboxylic acids is 2. The molecule has 6 heteroatoms. The molecule has 1 N–H and O–H groups in total. The third kappa shape index (κ3) is 8.64. The number of amides is 2. The molecule has 0 aromatic heterocycles. The molecule has 1 unspecified atom stereocenters. The SMILES string of the molecule is Cc1cccc(CSCC(=O)N(Cc2ccc(Cl)cc2)C(Cc2ccccc2)C(=O)NC2CCCCC2)c1. The van der Waals surface area contributed by atoms with Gasteiger partial charge in [-0.3, -0.25) is 9.59 Å². The van der Waals surface area contributed by atoms with Crippen molar-refractivity contribution < 1.29 is 9.59 Å². The average Bonchev–Trinajstić information content (AvgIpc) is 2.93. The molecule has 1 fully saturated rings. The van der Waals surface area contributed by atoms with Gasteiger partial charge in [0, 0.05) is 29.8 Å².